The van der Waals surface area contributed by atoms with Crippen molar-refractivity contribution in [1.29, 1.82) is 0 Å². The Labute approximate surface area is 227 Å². The summed E-state index contributed by atoms with van der Waals surface area (Å²) in [7, 11) is 0. The monoisotopic (exact) mass is 538 g/mol. The molecule has 1 N–H and O–H groups in total. The Balaban J connectivity index is 1.56. The first kappa shape index (κ1) is 27.2. The van der Waals surface area contributed by atoms with Crippen LogP contribution < -0.4 is 5.32 Å². The Morgan fingerprint density at radius 3 is 2.32 bits per heavy atom. The van der Waals surface area contributed by atoms with Gasteiger partial charge in [0.05, 0.1) is 5.75 Å². The van der Waals surface area contributed by atoms with E-state index < -0.39 is 6.04 Å². The molecule has 2 amide bonds. The average Bonchev–Trinajstić information content (AvgIpc) is 3.42. The topological polar surface area (TPSA) is 49.4 Å². The van der Waals surface area contributed by atoms with Crippen molar-refractivity contribution in [2.75, 3.05) is 5.75 Å². The first-order valence-corrected chi connectivity index (χ1v) is 14.2. The molecule has 4 nitrogen and oxygen atoms in total. The van der Waals surface area contributed by atoms with Crippen LogP contribution in [0.4, 0.5) is 4.39 Å². The third-order valence-corrected chi connectivity index (χ3v) is 7.92. The van der Waals surface area contributed by atoms with E-state index in [1.54, 1.807) is 23.1 Å². The molecule has 0 spiro atoms. The number of nitrogens with zero attached hydrogens (tertiary/aromatic N) is 1. The Kier molecular flexibility index (Phi) is 10.0. The van der Waals surface area contributed by atoms with E-state index in [1.165, 1.54) is 17.8 Å². The summed E-state index contributed by atoms with van der Waals surface area (Å²) in [6.07, 6.45) is 4.44. The van der Waals surface area contributed by atoms with Crippen molar-refractivity contribution >= 4 is 35.2 Å². The van der Waals surface area contributed by atoms with Gasteiger partial charge in [0, 0.05) is 35.3 Å². The Morgan fingerprint density at radius 1 is 0.946 bits per heavy atom. The van der Waals surface area contributed by atoms with Gasteiger partial charge in [-0.05, 0) is 42.2 Å². The van der Waals surface area contributed by atoms with Crippen LogP contribution in [0.25, 0.3) is 0 Å². The summed E-state index contributed by atoms with van der Waals surface area (Å²) >= 11 is 7.46. The molecule has 0 aliphatic heterocycles. The Bertz CT molecular complexity index is 1170. The van der Waals surface area contributed by atoms with Crippen LogP contribution in [0.1, 0.15) is 42.4 Å². The summed E-state index contributed by atoms with van der Waals surface area (Å²) in [6, 6.07) is 23.0. The van der Waals surface area contributed by atoms with Gasteiger partial charge in [-0.2, -0.15) is 0 Å². The number of nitrogens with one attached hydrogen (secondary N) is 1. The maximum atomic E-state index is 14.7. The highest BCUT2D eigenvalue weighted by molar-refractivity contribution is 7.99. The Morgan fingerprint density at radius 2 is 1.62 bits per heavy atom. The smallest absolute Gasteiger partial charge is 0.243 e. The van der Waals surface area contributed by atoms with Crippen molar-refractivity contribution in [3.8, 4) is 0 Å². The van der Waals surface area contributed by atoms with Gasteiger partial charge < -0.3 is 10.2 Å². The number of rotatable bonds is 11. The lowest BCUT2D eigenvalue weighted by atomic mass is 10.0. The van der Waals surface area contributed by atoms with Crippen molar-refractivity contribution in [3.05, 3.63) is 106 Å². The molecule has 194 valence electrons. The number of thioether (sulfide) groups is 1. The summed E-state index contributed by atoms with van der Waals surface area (Å²) in [6.45, 7) is 0.0304. The minimum absolute atomic E-state index is 0.0304. The fraction of sp³-hybridized carbons (Fsp3) is 0.333. The zero-order valence-corrected chi connectivity index (χ0v) is 22.3. The second kappa shape index (κ2) is 13.6. The summed E-state index contributed by atoms with van der Waals surface area (Å²) in [4.78, 5) is 28.9. The highest BCUT2D eigenvalue weighted by Crippen LogP contribution is 2.22. The molecule has 3 aromatic carbocycles. The number of benzene rings is 3. The van der Waals surface area contributed by atoms with Crippen molar-refractivity contribution in [1.82, 2.24) is 10.2 Å². The third kappa shape index (κ3) is 8.08. The van der Waals surface area contributed by atoms with Gasteiger partial charge in [-0.3, -0.25) is 9.59 Å². The van der Waals surface area contributed by atoms with E-state index in [4.69, 9.17) is 11.6 Å². The molecule has 3 aromatic rings. The molecule has 1 aliphatic rings. The van der Waals surface area contributed by atoms with Gasteiger partial charge in [-0.25, -0.2) is 4.39 Å². The van der Waals surface area contributed by atoms with E-state index in [9.17, 15) is 14.0 Å². The second-order valence-electron chi connectivity index (χ2n) is 9.43. The largest absolute Gasteiger partial charge is 0.352 e. The lowest BCUT2D eigenvalue weighted by Crippen LogP contribution is -2.52. The maximum absolute atomic E-state index is 14.7. The molecule has 0 saturated heterocycles. The van der Waals surface area contributed by atoms with Crippen LogP contribution in [0.15, 0.2) is 78.9 Å². The van der Waals surface area contributed by atoms with Crippen LogP contribution in [-0.4, -0.2) is 34.6 Å². The van der Waals surface area contributed by atoms with Crippen molar-refractivity contribution < 1.29 is 14.0 Å². The number of amides is 2. The summed E-state index contributed by atoms with van der Waals surface area (Å²) in [5.41, 5.74) is 2.40. The molecule has 0 heterocycles. The lowest BCUT2D eigenvalue weighted by Gasteiger charge is -2.32. The number of hydrogen-bond donors (Lipinski definition) is 1. The third-order valence-electron chi connectivity index (χ3n) is 6.68. The number of carbonyl (C=O) groups is 2. The average molecular weight is 539 g/mol. The number of halogens is 2. The highest BCUT2D eigenvalue weighted by atomic mass is 35.5. The van der Waals surface area contributed by atoms with Crippen molar-refractivity contribution in [2.45, 2.75) is 56.5 Å². The van der Waals surface area contributed by atoms with Gasteiger partial charge in [0.1, 0.15) is 11.9 Å². The SMILES string of the molecule is O=C(NC1CCCC1)C(Cc1ccccc1)N(Cc1ccccc1F)C(=O)CSCc1ccc(Cl)cc1. The van der Waals surface area contributed by atoms with Crippen LogP contribution in [0.2, 0.25) is 5.02 Å². The van der Waals surface area contributed by atoms with E-state index in [0.717, 1.165) is 36.8 Å². The van der Waals surface area contributed by atoms with E-state index >= 15 is 0 Å². The molecule has 4 rings (SSSR count). The predicted molar refractivity (Wildman–Crippen MR) is 149 cm³/mol. The molecular weight excluding hydrogens is 507 g/mol. The molecule has 37 heavy (non-hydrogen) atoms. The van der Waals surface area contributed by atoms with Crippen molar-refractivity contribution in [3.63, 3.8) is 0 Å². The van der Waals surface area contributed by atoms with Crippen LogP contribution in [0.5, 0.6) is 0 Å². The zero-order valence-electron chi connectivity index (χ0n) is 20.7. The van der Waals surface area contributed by atoms with E-state index in [2.05, 4.69) is 5.32 Å². The van der Waals surface area contributed by atoms with Gasteiger partial charge in [0.15, 0.2) is 0 Å². The van der Waals surface area contributed by atoms with Gasteiger partial charge in [0.25, 0.3) is 0 Å². The quantitative estimate of drug-likeness (QED) is 0.307. The van der Waals surface area contributed by atoms with Gasteiger partial charge in [-0.15, -0.1) is 11.8 Å². The molecule has 1 aliphatic carbocycles. The Hall–Kier alpha value is -2.83. The molecule has 0 radical (unpaired) electrons. The normalized spacial score (nSPS) is 14.3. The zero-order chi connectivity index (χ0) is 26.0. The molecular formula is C30H32ClFN2O2S. The van der Waals surface area contributed by atoms with Crippen molar-refractivity contribution in [2.24, 2.45) is 0 Å². The molecule has 1 saturated carbocycles. The molecule has 0 aromatic heterocycles. The minimum atomic E-state index is -0.744. The maximum Gasteiger partial charge on any atom is 0.243 e. The van der Waals surface area contributed by atoms with E-state index in [-0.39, 0.29) is 36.0 Å². The van der Waals surface area contributed by atoms with Crippen LogP contribution >= 0.6 is 23.4 Å². The standard InChI is InChI=1S/C30H32ClFN2O2S/c31-25-16-14-23(15-17-25)20-37-21-29(35)34(19-24-10-4-7-13-27(24)32)28(18-22-8-2-1-3-9-22)30(36)33-26-11-5-6-12-26/h1-4,7-10,13-17,26,28H,5-6,11-12,18-21H2,(H,33,36). The highest BCUT2D eigenvalue weighted by Gasteiger charge is 2.32. The predicted octanol–water partition coefficient (Wildman–Crippen LogP) is 6.41. The second-order valence-corrected chi connectivity index (χ2v) is 10.8. The molecule has 7 heteroatoms. The molecule has 0 bridgehead atoms. The number of hydrogen-bond acceptors (Lipinski definition) is 3. The fourth-order valence-corrected chi connectivity index (χ4v) is 5.65. The fourth-order valence-electron chi connectivity index (χ4n) is 4.65. The van der Waals surface area contributed by atoms with Gasteiger partial charge in [-0.1, -0.05) is 85.1 Å². The van der Waals surface area contributed by atoms with Crippen LogP contribution in [-0.2, 0) is 28.3 Å². The van der Waals surface area contributed by atoms with E-state index in [1.807, 2.05) is 54.6 Å². The van der Waals surface area contributed by atoms with Gasteiger partial charge >= 0.3 is 0 Å². The van der Waals surface area contributed by atoms with Gasteiger partial charge in [0.2, 0.25) is 11.8 Å². The molecule has 1 atom stereocenters. The van der Waals surface area contributed by atoms with Crippen LogP contribution in [0.3, 0.4) is 0 Å². The first-order chi connectivity index (χ1) is 18.0. The molecule has 1 unspecified atom stereocenters. The summed E-state index contributed by atoms with van der Waals surface area (Å²) in [5.74, 6) is 0.0595. The summed E-state index contributed by atoms with van der Waals surface area (Å²) < 4.78 is 14.7. The summed E-state index contributed by atoms with van der Waals surface area (Å²) in [5, 5.41) is 3.84. The number of carbonyl (C=O) groups excluding carboxylic acids is 2. The minimum Gasteiger partial charge on any atom is -0.352 e. The molecule has 1 fully saturated rings. The van der Waals surface area contributed by atoms with E-state index in [0.29, 0.717) is 22.8 Å². The first-order valence-electron chi connectivity index (χ1n) is 12.7. The van der Waals surface area contributed by atoms with Crippen LogP contribution in [0, 0.1) is 5.82 Å². The lowest BCUT2D eigenvalue weighted by molar-refractivity contribution is -0.139.